The van der Waals surface area contributed by atoms with Gasteiger partial charge in [0.15, 0.2) is 23.0 Å². The highest BCUT2D eigenvalue weighted by Crippen LogP contribution is 2.31. The van der Waals surface area contributed by atoms with E-state index in [1.165, 1.54) is 0 Å². The molecule has 0 spiro atoms. The standard InChI is InChI=1S/C24H25N5O4/c1-31-19-10-9-18(16-20(19)32-2)24-27-26-21-11-13-23(28-29(21)24)33-15-14-25-22(30)12-8-17-6-4-3-5-7-17/h3-7,9-11,13,16H,8,12,14-15H2,1-2H3,(H,25,30). The zero-order valence-electron chi connectivity index (χ0n) is 18.5. The molecule has 1 N–H and O–H groups in total. The van der Waals surface area contributed by atoms with Crippen molar-refractivity contribution in [2.75, 3.05) is 27.4 Å². The van der Waals surface area contributed by atoms with Crippen molar-refractivity contribution in [3.63, 3.8) is 0 Å². The van der Waals surface area contributed by atoms with Crippen molar-refractivity contribution in [2.45, 2.75) is 12.8 Å². The van der Waals surface area contributed by atoms with Crippen LogP contribution in [-0.4, -0.2) is 53.1 Å². The number of benzene rings is 2. The van der Waals surface area contributed by atoms with Gasteiger partial charge >= 0.3 is 0 Å². The minimum absolute atomic E-state index is 0.0135. The molecule has 0 atom stereocenters. The quantitative estimate of drug-likeness (QED) is 0.373. The second kappa shape index (κ2) is 10.4. The topological polar surface area (TPSA) is 99.9 Å². The van der Waals surface area contributed by atoms with Crippen LogP contribution in [0.25, 0.3) is 17.0 Å². The summed E-state index contributed by atoms with van der Waals surface area (Å²) in [6, 6.07) is 18.9. The lowest BCUT2D eigenvalue weighted by Crippen LogP contribution is -2.28. The van der Waals surface area contributed by atoms with Gasteiger partial charge in [-0.2, -0.15) is 4.52 Å². The van der Waals surface area contributed by atoms with Gasteiger partial charge in [-0.15, -0.1) is 15.3 Å². The van der Waals surface area contributed by atoms with Gasteiger partial charge in [0.1, 0.15) is 6.61 Å². The van der Waals surface area contributed by atoms with Gasteiger partial charge in [0.05, 0.1) is 20.8 Å². The number of amides is 1. The zero-order chi connectivity index (χ0) is 23.0. The summed E-state index contributed by atoms with van der Waals surface area (Å²) in [6.07, 6.45) is 1.14. The summed E-state index contributed by atoms with van der Waals surface area (Å²) in [6.45, 7) is 0.682. The Labute approximate surface area is 191 Å². The van der Waals surface area contributed by atoms with Crippen LogP contribution in [0.4, 0.5) is 0 Å². The number of hydrogen-bond donors (Lipinski definition) is 1. The van der Waals surface area contributed by atoms with Crippen molar-refractivity contribution in [3.05, 3.63) is 66.2 Å². The van der Waals surface area contributed by atoms with E-state index in [-0.39, 0.29) is 5.91 Å². The Morgan fingerprint density at radius 1 is 0.970 bits per heavy atom. The lowest BCUT2D eigenvalue weighted by Gasteiger charge is -2.09. The van der Waals surface area contributed by atoms with E-state index in [0.717, 1.165) is 11.1 Å². The van der Waals surface area contributed by atoms with Gasteiger partial charge in [0, 0.05) is 18.1 Å². The van der Waals surface area contributed by atoms with Gasteiger partial charge in [-0.25, -0.2) is 0 Å². The summed E-state index contributed by atoms with van der Waals surface area (Å²) >= 11 is 0. The number of aryl methyl sites for hydroxylation is 1. The van der Waals surface area contributed by atoms with E-state index < -0.39 is 0 Å². The third kappa shape index (κ3) is 5.38. The average Bonchev–Trinajstić information content (AvgIpc) is 3.29. The van der Waals surface area contributed by atoms with E-state index in [2.05, 4.69) is 20.6 Å². The van der Waals surface area contributed by atoms with Crippen molar-refractivity contribution in [1.29, 1.82) is 0 Å². The molecule has 33 heavy (non-hydrogen) atoms. The molecule has 4 aromatic rings. The van der Waals surface area contributed by atoms with Gasteiger partial charge in [-0.3, -0.25) is 4.79 Å². The molecule has 0 radical (unpaired) electrons. The predicted octanol–water partition coefficient (Wildman–Crippen LogP) is 2.94. The Bertz CT molecular complexity index is 1230. The molecule has 0 aliphatic carbocycles. The lowest BCUT2D eigenvalue weighted by molar-refractivity contribution is -0.121. The molecule has 0 bridgehead atoms. The van der Waals surface area contributed by atoms with Crippen LogP contribution in [0.3, 0.4) is 0 Å². The number of fused-ring (bicyclic) bond motifs is 1. The summed E-state index contributed by atoms with van der Waals surface area (Å²) in [5.41, 5.74) is 2.50. The molecule has 0 fully saturated rings. The molecular formula is C24H25N5O4. The van der Waals surface area contributed by atoms with Crippen molar-refractivity contribution < 1.29 is 19.0 Å². The Balaban J connectivity index is 1.35. The van der Waals surface area contributed by atoms with Crippen molar-refractivity contribution in [3.8, 4) is 28.8 Å². The maximum absolute atomic E-state index is 12.0. The molecule has 1 amide bonds. The number of aromatic nitrogens is 4. The van der Waals surface area contributed by atoms with Crippen LogP contribution in [0.1, 0.15) is 12.0 Å². The van der Waals surface area contributed by atoms with E-state index in [9.17, 15) is 4.79 Å². The van der Waals surface area contributed by atoms with Gasteiger partial charge in [0.25, 0.3) is 0 Å². The fourth-order valence-corrected chi connectivity index (χ4v) is 3.34. The Morgan fingerprint density at radius 2 is 1.79 bits per heavy atom. The van der Waals surface area contributed by atoms with Crippen LogP contribution in [0.15, 0.2) is 60.7 Å². The molecule has 2 heterocycles. The summed E-state index contributed by atoms with van der Waals surface area (Å²) in [5.74, 6) is 2.15. The highest BCUT2D eigenvalue weighted by Gasteiger charge is 2.13. The van der Waals surface area contributed by atoms with E-state index in [1.54, 1.807) is 36.9 Å². The lowest BCUT2D eigenvalue weighted by atomic mass is 10.1. The number of carbonyl (C=O) groups excluding carboxylic acids is 1. The fraction of sp³-hybridized carbons (Fsp3) is 0.250. The first-order valence-electron chi connectivity index (χ1n) is 10.6. The molecule has 0 saturated heterocycles. The number of ether oxygens (including phenoxy) is 3. The maximum Gasteiger partial charge on any atom is 0.231 e. The number of nitrogens with one attached hydrogen (secondary N) is 1. The predicted molar refractivity (Wildman–Crippen MR) is 123 cm³/mol. The van der Waals surface area contributed by atoms with Crippen LogP contribution in [-0.2, 0) is 11.2 Å². The summed E-state index contributed by atoms with van der Waals surface area (Å²) in [7, 11) is 3.16. The molecule has 0 unspecified atom stereocenters. The van der Waals surface area contributed by atoms with E-state index >= 15 is 0 Å². The minimum atomic E-state index is -0.0135. The highest BCUT2D eigenvalue weighted by molar-refractivity contribution is 5.76. The first kappa shape index (κ1) is 22.1. The second-order valence-electron chi connectivity index (χ2n) is 7.22. The van der Waals surface area contributed by atoms with E-state index in [4.69, 9.17) is 14.2 Å². The number of hydrogen-bond acceptors (Lipinski definition) is 7. The summed E-state index contributed by atoms with van der Waals surface area (Å²) < 4.78 is 18.0. The Kier molecular flexibility index (Phi) is 6.99. The number of rotatable bonds is 10. The Morgan fingerprint density at radius 3 is 2.58 bits per heavy atom. The van der Waals surface area contributed by atoms with Gasteiger partial charge in [0.2, 0.25) is 11.8 Å². The molecule has 0 aliphatic rings. The summed E-state index contributed by atoms with van der Waals surface area (Å²) in [4.78, 5) is 12.0. The molecule has 2 aromatic heterocycles. The fourth-order valence-electron chi connectivity index (χ4n) is 3.34. The van der Waals surface area contributed by atoms with Crippen molar-refractivity contribution in [2.24, 2.45) is 0 Å². The SMILES string of the molecule is COc1ccc(-c2nnc3ccc(OCCNC(=O)CCc4ccccc4)nn23)cc1OC. The highest BCUT2D eigenvalue weighted by atomic mass is 16.5. The molecule has 2 aromatic carbocycles. The average molecular weight is 447 g/mol. The largest absolute Gasteiger partial charge is 0.493 e. The van der Waals surface area contributed by atoms with E-state index in [0.29, 0.717) is 54.8 Å². The maximum atomic E-state index is 12.0. The Hall–Kier alpha value is -4.14. The van der Waals surface area contributed by atoms with Crippen LogP contribution < -0.4 is 19.5 Å². The van der Waals surface area contributed by atoms with Gasteiger partial charge in [-0.05, 0) is 36.2 Å². The molecule has 9 heteroatoms. The third-order valence-corrected chi connectivity index (χ3v) is 5.04. The zero-order valence-corrected chi connectivity index (χ0v) is 18.5. The smallest absolute Gasteiger partial charge is 0.231 e. The second-order valence-corrected chi connectivity index (χ2v) is 7.22. The van der Waals surface area contributed by atoms with Gasteiger partial charge < -0.3 is 19.5 Å². The minimum Gasteiger partial charge on any atom is -0.493 e. The first-order chi connectivity index (χ1) is 16.2. The first-order valence-corrected chi connectivity index (χ1v) is 10.6. The third-order valence-electron chi connectivity index (χ3n) is 5.04. The number of nitrogens with zero attached hydrogens (tertiary/aromatic N) is 4. The molecule has 0 aliphatic heterocycles. The van der Waals surface area contributed by atoms with Crippen LogP contribution in [0, 0.1) is 0 Å². The molecule has 9 nitrogen and oxygen atoms in total. The van der Waals surface area contributed by atoms with Crippen molar-refractivity contribution in [1.82, 2.24) is 25.1 Å². The molecule has 4 rings (SSSR count). The monoisotopic (exact) mass is 447 g/mol. The van der Waals surface area contributed by atoms with E-state index in [1.807, 2.05) is 42.5 Å². The molecular weight excluding hydrogens is 422 g/mol. The molecule has 0 saturated carbocycles. The number of carbonyl (C=O) groups is 1. The number of methoxy groups -OCH3 is 2. The van der Waals surface area contributed by atoms with Crippen LogP contribution in [0.5, 0.6) is 17.4 Å². The van der Waals surface area contributed by atoms with Crippen molar-refractivity contribution >= 4 is 11.6 Å². The summed E-state index contributed by atoms with van der Waals surface area (Å²) in [5, 5.41) is 15.8. The van der Waals surface area contributed by atoms with Crippen LogP contribution >= 0.6 is 0 Å². The molecule has 170 valence electrons. The normalized spacial score (nSPS) is 10.7. The van der Waals surface area contributed by atoms with Gasteiger partial charge in [-0.1, -0.05) is 30.3 Å². The van der Waals surface area contributed by atoms with Crippen LogP contribution in [0.2, 0.25) is 0 Å².